The molecule has 2 aliphatic heterocycles. The Morgan fingerprint density at radius 2 is 2.19 bits per heavy atom. The Morgan fingerprint density at radius 3 is 2.85 bits per heavy atom. The van der Waals surface area contributed by atoms with Crippen molar-refractivity contribution >= 4 is 23.2 Å². The van der Waals surface area contributed by atoms with Crippen molar-refractivity contribution < 1.29 is 9.53 Å². The molecule has 27 heavy (non-hydrogen) atoms. The first-order valence-electron chi connectivity index (χ1n) is 9.66. The molecule has 150 valence electrons. The maximum absolute atomic E-state index is 12.0. The van der Waals surface area contributed by atoms with Gasteiger partial charge in [-0.15, -0.1) is 11.3 Å². The number of guanidine groups is 1. The van der Waals surface area contributed by atoms with Crippen LogP contribution in [0.3, 0.4) is 0 Å². The molecule has 2 unspecified atom stereocenters. The highest BCUT2D eigenvalue weighted by Gasteiger charge is 2.31. The fraction of sp³-hybridized carbons (Fsp3) is 0.684. The number of amides is 1. The molecule has 1 aromatic rings. The highest BCUT2D eigenvalue weighted by Crippen LogP contribution is 2.21. The lowest BCUT2D eigenvalue weighted by atomic mass is 10.2. The second-order valence-electron chi connectivity index (χ2n) is 7.35. The molecule has 3 rings (SSSR count). The first-order valence-corrected chi connectivity index (χ1v) is 10.5. The first-order chi connectivity index (χ1) is 13.0. The lowest BCUT2D eigenvalue weighted by Gasteiger charge is -2.32. The number of hydrogen-bond acceptors (Lipinski definition) is 5. The number of likely N-dealkylation sites (N-methyl/N-ethyl adjacent to an activating group) is 1. The molecule has 1 N–H and O–H groups in total. The van der Waals surface area contributed by atoms with Crippen molar-refractivity contribution in [2.45, 2.75) is 25.4 Å². The molecule has 8 heteroatoms. The monoisotopic (exact) mass is 393 g/mol. The summed E-state index contributed by atoms with van der Waals surface area (Å²) in [7, 11) is 3.53. The molecule has 0 radical (unpaired) electrons. The zero-order chi connectivity index (χ0) is 19.2. The molecule has 2 aliphatic rings. The lowest BCUT2D eigenvalue weighted by Crippen LogP contribution is -2.47. The van der Waals surface area contributed by atoms with Crippen molar-refractivity contribution in [3.05, 3.63) is 22.4 Å². The average Bonchev–Trinajstić information content (AvgIpc) is 3.37. The van der Waals surface area contributed by atoms with Gasteiger partial charge in [0.2, 0.25) is 5.91 Å². The summed E-state index contributed by atoms with van der Waals surface area (Å²) in [5.74, 6) is 0.851. The van der Waals surface area contributed by atoms with Crippen LogP contribution in [-0.4, -0.2) is 92.6 Å². The van der Waals surface area contributed by atoms with E-state index in [1.165, 1.54) is 4.88 Å². The summed E-state index contributed by atoms with van der Waals surface area (Å²) in [4.78, 5) is 24.4. The van der Waals surface area contributed by atoms with Gasteiger partial charge in [-0.2, -0.15) is 0 Å². The van der Waals surface area contributed by atoms with Crippen LogP contribution in [0.1, 0.15) is 24.3 Å². The van der Waals surface area contributed by atoms with Gasteiger partial charge in [0.05, 0.1) is 19.3 Å². The molecule has 3 heterocycles. The van der Waals surface area contributed by atoms with Gasteiger partial charge in [-0.25, -0.2) is 4.99 Å². The van der Waals surface area contributed by atoms with E-state index in [0.717, 1.165) is 51.8 Å². The van der Waals surface area contributed by atoms with Crippen LogP contribution in [0.4, 0.5) is 0 Å². The van der Waals surface area contributed by atoms with E-state index in [0.29, 0.717) is 6.04 Å². The number of ether oxygens (including phenoxy) is 1. The highest BCUT2D eigenvalue weighted by atomic mass is 32.1. The number of nitrogens with zero attached hydrogens (tertiary/aromatic N) is 4. The van der Waals surface area contributed by atoms with Crippen LogP contribution in [0.15, 0.2) is 22.5 Å². The van der Waals surface area contributed by atoms with Crippen molar-refractivity contribution in [3.8, 4) is 0 Å². The summed E-state index contributed by atoms with van der Waals surface area (Å²) >= 11 is 1.73. The minimum Gasteiger partial charge on any atom is -0.379 e. The van der Waals surface area contributed by atoms with Crippen LogP contribution < -0.4 is 5.32 Å². The van der Waals surface area contributed by atoms with Gasteiger partial charge in [0.15, 0.2) is 5.96 Å². The molecular weight excluding hydrogens is 362 g/mol. The summed E-state index contributed by atoms with van der Waals surface area (Å²) < 4.78 is 5.48. The van der Waals surface area contributed by atoms with E-state index >= 15 is 0 Å². The topological polar surface area (TPSA) is 60.4 Å². The molecule has 2 fully saturated rings. The van der Waals surface area contributed by atoms with Gasteiger partial charge >= 0.3 is 0 Å². The molecule has 2 saturated heterocycles. The summed E-state index contributed by atoms with van der Waals surface area (Å²) in [6.07, 6.45) is 1.12. The summed E-state index contributed by atoms with van der Waals surface area (Å²) in [5, 5.41) is 5.64. The Labute approximate surface area is 166 Å². The minimum absolute atomic E-state index is 0.0157. The summed E-state index contributed by atoms with van der Waals surface area (Å²) in [6.45, 7) is 7.87. The van der Waals surface area contributed by atoms with E-state index in [2.05, 4.69) is 44.5 Å². The van der Waals surface area contributed by atoms with E-state index in [1.54, 1.807) is 30.3 Å². The van der Waals surface area contributed by atoms with Crippen LogP contribution in [0.2, 0.25) is 0 Å². The molecule has 0 bridgehead atoms. The third-order valence-corrected chi connectivity index (χ3v) is 6.26. The van der Waals surface area contributed by atoms with Crippen LogP contribution >= 0.6 is 11.3 Å². The maximum Gasteiger partial charge on any atom is 0.243 e. The van der Waals surface area contributed by atoms with Gasteiger partial charge in [-0.3, -0.25) is 9.69 Å². The number of carbonyl (C=O) groups is 1. The molecule has 1 amide bonds. The van der Waals surface area contributed by atoms with Crippen LogP contribution in [0.5, 0.6) is 0 Å². The average molecular weight is 394 g/mol. The molecule has 0 saturated carbocycles. The number of rotatable bonds is 5. The fourth-order valence-electron chi connectivity index (χ4n) is 3.50. The quantitative estimate of drug-likeness (QED) is 0.603. The Kier molecular flexibility index (Phi) is 7.09. The number of hydrogen-bond donors (Lipinski definition) is 1. The molecular formula is C19H31N5O2S. The van der Waals surface area contributed by atoms with Crippen molar-refractivity contribution in [2.24, 2.45) is 4.99 Å². The van der Waals surface area contributed by atoms with E-state index in [-0.39, 0.29) is 18.5 Å². The number of likely N-dealkylation sites (tertiary alicyclic amines) is 1. The number of aliphatic imine (C=N–C) groups is 1. The van der Waals surface area contributed by atoms with Crippen LogP contribution in [0, 0.1) is 0 Å². The highest BCUT2D eigenvalue weighted by molar-refractivity contribution is 7.10. The third kappa shape index (κ3) is 5.43. The van der Waals surface area contributed by atoms with Gasteiger partial charge < -0.3 is 19.9 Å². The molecule has 0 spiro atoms. The van der Waals surface area contributed by atoms with Gasteiger partial charge in [0.25, 0.3) is 0 Å². The molecule has 7 nitrogen and oxygen atoms in total. The standard InChI is InChI=1S/C19H31N5O2S/c1-15(17-5-4-12-27-17)21-19(20-13-18(25)22(2)3)24-7-6-16(14-24)23-8-10-26-11-9-23/h4-5,12,15-16H,6-11,13-14H2,1-3H3,(H,20,21). The Balaban J connectivity index is 1.67. The van der Waals surface area contributed by atoms with Crippen molar-refractivity contribution in [3.63, 3.8) is 0 Å². The smallest absolute Gasteiger partial charge is 0.243 e. The second-order valence-corrected chi connectivity index (χ2v) is 8.33. The number of carbonyl (C=O) groups excluding carboxylic acids is 1. The Morgan fingerprint density at radius 1 is 1.41 bits per heavy atom. The van der Waals surface area contributed by atoms with Crippen LogP contribution in [-0.2, 0) is 9.53 Å². The lowest BCUT2D eigenvalue weighted by molar-refractivity contribution is -0.127. The third-order valence-electron chi connectivity index (χ3n) is 5.20. The summed E-state index contributed by atoms with van der Waals surface area (Å²) in [5.41, 5.74) is 0. The number of morpholine rings is 1. The number of nitrogens with one attached hydrogen (secondary N) is 1. The van der Waals surface area contributed by atoms with E-state index in [4.69, 9.17) is 4.74 Å². The van der Waals surface area contributed by atoms with Gasteiger partial charge in [0.1, 0.15) is 6.54 Å². The van der Waals surface area contributed by atoms with Gasteiger partial charge in [-0.05, 0) is 24.8 Å². The maximum atomic E-state index is 12.0. The zero-order valence-corrected chi connectivity index (χ0v) is 17.4. The molecule has 1 aromatic heterocycles. The van der Waals surface area contributed by atoms with Gasteiger partial charge in [0, 0.05) is 51.2 Å². The van der Waals surface area contributed by atoms with Crippen molar-refractivity contribution in [2.75, 3.05) is 60.0 Å². The SMILES string of the molecule is CC(NC(=NCC(=O)N(C)C)N1CCC(N2CCOCC2)C1)c1cccs1. The van der Waals surface area contributed by atoms with E-state index in [9.17, 15) is 4.79 Å². The normalized spacial score (nSPS) is 22.7. The zero-order valence-electron chi connectivity index (χ0n) is 16.6. The first kappa shape index (κ1) is 20.1. The molecule has 2 atom stereocenters. The van der Waals surface area contributed by atoms with E-state index in [1.807, 2.05) is 0 Å². The van der Waals surface area contributed by atoms with Crippen molar-refractivity contribution in [1.82, 2.24) is 20.0 Å². The van der Waals surface area contributed by atoms with Crippen LogP contribution in [0.25, 0.3) is 0 Å². The predicted octanol–water partition coefficient (Wildman–Crippen LogP) is 1.25. The fourth-order valence-corrected chi connectivity index (χ4v) is 4.23. The van der Waals surface area contributed by atoms with E-state index < -0.39 is 0 Å². The molecule has 0 aliphatic carbocycles. The van der Waals surface area contributed by atoms with Gasteiger partial charge in [-0.1, -0.05) is 6.07 Å². The predicted molar refractivity (Wildman–Crippen MR) is 109 cm³/mol. The Bertz CT molecular complexity index is 628. The Hall–Kier alpha value is -1.64. The summed E-state index contributed by atoms with van der Waals surface area (Å²) in [6, 6.07) is 4.89. The second kappa shape index (κ2) is 9.52. The molecule has 0 aromatic carbocycles. The number of thiophene rings is 1. The largest absolute Gasteiger partial charge is 0.379 e. The van der Waals surface area contributed by atoms with Crippen molar-refractivity contribution in [1.29, 1.82) is 0 Å². The minimum atomic E-state index is 0.0157.